The average Bonchev–Trinajstić information content (AvgIpc) is 2.58. The minimum Gasteiger partial charge on any atom is -0.347 e. The van der Waals surface area contributed by atoms with E-state index >= 15 is 0 Å². The van der Waals surface area contributed by atoms with Crippen molar-refractivity contribution in [3.63, 3.8) is 0 Å². The van der Waals surface area contributed by atoms with Crippen LogP contribution in [-0.2, 0) is 9.59 Å². The number of rotatable bonds is 3. The standard InChI is InChI=1S/C11H17N3O2S/c1-7-5-13-10(17-7)14-8(15)6-12-9(16)11(2,3)4/h5H,6H2,1-4H3,(H,12,16)(H,13,14,15). The number of carbonyl (C=O) groups is 2. The number of hydrogen-bond acceptors (Lipinski definition) is 4. The lowest BCUT2D eigenvalue weighted by molar-refractivity contribution is -0.130. The van der Waals surface area contributed by atoms with E-state index in [0.717, 1.165) is 4.88 Å². The highest BCUT2D eigenvalue weighted by Crippen LogP contribution is 2.16. The monoisotopic (exact) mass is 255 g/mol. The average molecular weight is 255 g/mol. The van der Waals surface area contributed by atoms with Crippen molar-refractivity contribution < 1.29 is 9.59 Å². The summed E-state index contributed by atoms with van der Waals surface area (Å²) >= 11 is 1.40. The van der Waals surface area contributed by atoms with Gasteiger partial charge in [0, 0.05) is 16.5 Å². The van der Waals surface area contributed by atoms with E-state index < -0.39 is 5.41 Å². The third-order valence-corrected chi connectivity index (χ3v) is 2.79. The lowest BCUT2D eigenvalue weighted by atomic mass is 9.96. The predicted molar refractivity (Wildman–Crippen MR) is 67.9 cm³/mol. The van der Waals surface area contributed by atoms with Gasteiger partial charge in [0.25, 0.3) is 0 Å². The number of carbonyl (C=O) groups excluding carboxylic acids is 2. The molecule has 0 bridgehead atoms. The van der Waals surface area contributed by atoms with Gasteiger partial charge >= 0.3 is 0 Å². The van der Waals surface area contributed by atoms with Crippen molar-refractivity contribution in [2.45, 2.75) is 27.7 Å². The van der Waals surface area contributed by atoms with E-state index in [1.54, 1.807) is 27.0 Å². The minimum atomic E-state index is -0.488. The maximum atomic E-state index is 11.5. The number of aromatic nitrogens is 1. The molecule has 1 rings (SSSR count). The molecule has 0 spiro atoms. The maximum Gasteiger partial charge on any atom is 0.245 e. The zero-order chi connectivity index (χ0) is 13.1. The summed E-state index contributed by atoms with van der Waals surface area (Å²) in [6, 6.07) is 0. The zero-order valence-electron chi connectivity index (χ0n) is 10.5. The van der Waals surface area contributed by atoms with Crippen LogP contribution >= 0.6 is 11.3 Å². The van der Waals surface area contributed by atoms with Gasteiger partial charge in [-0.1, -0.05) is 20.8 Å². The van der Waals surface area contributed by atoms with Gasteiger partial charge in [0.05, 0.1) is 6.54 Å². The molecule has 0 radical (unpaired) electrons. The summed E-state index contributed by atoms with van der Waals surface area (Å²) in [5.74, 6) is -0.417. The van der Waals surface area contributed by atoms with Crippen molar-refractivity contribution >= 4 is 28.3 Å². The van der Waals surface area contributed by atoms with Gasteiger partial charge < -0.3 is 10.6 Å². The molecule has 0 aliphatic carbocycles. The highest BCUT2D eigenvalue weighted by Gasteiger charge is 2.21. The lowest BCUT2D eigenvalue weighted by Crippen LogP contribution is -2.39. The van der Waals surface area contributed by atoms with Crippen molar-refractivity contribution in [1.82, 2.24) is 10.3 Å². The Hall–Kier alpha value is -1.43. The zero-order valence-corrected chi connectivity index (χ0v) is 11.3. The van der Waals surface area contributed by atoms with Crippen molar-refractivity contribution in [3.8, 4) is 0 Å². The van der Waals surface area contributed by atoms with Gasteiger partial charge in [-0.25, -0.2) is 4.98 Å². The lowest BCUT2D eigenvalue weighted by Gasteiger charge is -2.17. The molecule has 2 amide bonds. The van der Waals surface area contributed by atoms with E-state index in [2.05, 4.69) is 15.6 Å². The summed E-state index contributed by atoms with van der Waals surface area (Å²) in [6.45, 7) is 7.27. The van der Waals surface area contributed by atoms with Crippen LogP contribution in [0.2, 0.25) is 0 Å². The number of hydrogen-bond donors (Lipinski definition) is 2. The number of anilines is 1. The third-order valence-electron chi connectivity index (χ3n) is 1.96. The van der Waals surface area contributed by atoms with E-state index in [1.165, 1.54) is 11.3 Å². The molecule has 0 atom stereocenters. The van der Waals surface area contributed by atoms with Crippen LogP contribution in [0.15, 0.2) is 6.20 Å². The molecule has 0 fully saturated rings. The van der Waals surface area contributed by atoms with Gasteiger partial charge in [0.2, 0.25) is 11.8 Å². The third kappa shape index (κ3) is 4.52. The molecule has 0 saturated heterocycles. The van der Waals surface area contributed by atoms with E-state index in [-0.39, 0.29) is 18.4 Å². The van der Waals surface area contributed by atoms with Crippen LogP contribution in [-0.4, -0.2) is 23.3 Å². The first-order valence-electron chi connectivity index (χ1n) is 5.29. The molecule has 0 saturated carbocycles. The summed E-state index contributed by atoms with van der Waals surface area (Å²) in [4.78, 5) is 28.0. The highest BCUT2D eigenvalue weighted by atomic mass is 32.1. The fourth-order valence-corrected chi connectivity index (χ4v) is 1.68. The van der Waals surface area contributed by atoms with E-state index in [9.17, 15) is 9.59 Å². The number of aryl methyl sites for hydroxylation is 1. The van der Waals surface area contributed by atoms with Crippen LogP contribution in [0, 0.1) is 12.3 Å². The first-order chi connectivity index (χ1) is 7.79. The largest absolute Gasteiger partial charge is 0.347 e. The first kappa shape index (κ1) is 13.6. The summed E-state index contributed by atoms with van der Waals surface area (Å²) in [5.41, 5.74) is -0.488. The minimum absolute atomic E-state index is 0.0330. The Kier molecular flexibility index (Phi) is 4.22. The fourth-order valence-electron chi connectivity index (χ4n) is 1.00. The second kappa shape index (κ2) is 5.27. The molecule has 2 N–H and O–H groups in total. The van der Waals surface area contributed by atoms with Crippen LogP contribution in [0.5, 0.6) is 0 Å². The summed E-state index contributed by atoms with van der Waals surface area (Å²) in [5, 5.41) is 5.75. The Morgan fingerprint density at radius 1 is 1.41 bits per heavy atom. The van der Waals surface area contributed by atoms with Crippen molar-refractivity contribution in [2.24, 2.45) is 5.41 Å². The number of nitrogens with zero attached hydrogens (tertiary/aromatic N) is 1. The molecule has 1 aromatic heterocycles. The van der Waals surface area contributed by atoms with Gasteiger partial charge in [-0.2, -0.15) is 0 Å². The molecule has 1 aromatic rings. The summed E-state index contributed by atoms with van der Waals surface area (Å²) in [6.07, 6.45) is 1.69. The normalized spacial score (nSPS) is 11.1. The summed E-state index contributed by atoms with van der Waals surface area (Å²) < 4.78 is 0. The van der Waals surface area contributed by atoms with Crippen molar-refractivity contribution in [2.75, 3.05) is 11.9 Å². The SMILES string of the molecule is Cc1cnc(NC(=O)CNC(=O)C(C)(C)C)s1. The fraction of sp³-hybridized carbons (Fsp3) is 0.545. The second-order valence-corrected chi connectivity index (χ2v) is 5.99. The van der Waals surface area contributed by atoms with Gasteiger partial charge in [0.1, 0.15) is 0 Å². The van der Waals surface area contributed by atoms with E-state index in [0.29, 0.717) is 5.13 Å². The predicted octanol–water partition coefficient (Wildman–Crippen LogP) is 1.55. The Balaban J connectivity index is 2.39. The first-order valence-corrected chi connectivity index (χ1v) is 6.11. The molecular weight excluding hydrogens is 238 g/mol. The Bertz CT molecular complexity index is 421. The van der Waals surface area contributed by atoms with Crippen molar-refractivity contribution in [1.29, 1.82) is 0 Å². The molecule has 17 heavy (non-hydrogen) atoms. The number of amides is 2. The molecular formula is C11H17N3O2S. The van der Waals surface area contributed by atoms with Crippen LogP contribution in [0.25, 0.3) is 0 Å². The Morgan fingerprint density at radius 2 is 2.06 bits per heavy atom. The molecule has 94 valence electrons. The Labute approximate surface area is 105 Å². The van der Waals surface area contributed by atoms with Gasteiger partial charge in [-0.3, -0.25) is 9.59 Å². The van der Waals surface area contributed by atoms with Gasteiger partial charge in [0.15, 0.2) is 5.13 Å². The smallest absolute Gasteiger partial charge is 0.245 e. The molecule has 0 aromatic carbocycles. The maximum absolute atomic E-state index is 11.5. The molecule has 6 heteroatoms. The topological polar surface area (TPSA) is 71.1 Å². The van der Waals surface area contributed by atoms with Crippen molar-refractivity contribution in [3.05, 3.63) is 11.1 Å². The molecule has 5 nitrogen and oxygen atoms in total. The molecule has 0 unspecified atom stereocenters. The number of thiazole rings is 1. The quantitative estimate of drug-likeness (QED) is 0.861. The van der Waals surface area contributed by atoms with Gasteiger partial charge in [-0.15, -0.1) is 11.3 Å². The van der Waals surface area contributed by atoms with Crippen LogP contribution in [0.1, 0.15) is 25.6 Å². The van der Waals surface area contributed by atoms with Crippen LogP contribution in [0.4, 0.5) is 5.13 Å². The molecule has 0 aliphatic heterocycles. The van der Waals surface area contributed by atoms with E-state index in [4.69, 9.17) is 0 Å². The highest BCUT2D eigenvalue weighted by molar-refractivity contribution is 7.15. The Morgan fingerprint density at radius 3 is 2.53 bits per heavy atom. The van der Waals surface area contributed by atoms with Gasteiger partial charge in [-0.05, 0) is 6.92 Å². The molecule has 0 aliphatic rings. The van der Waals surface area contributed by atoms with Crippen LogP contribution in [0.3, 0.4) is 0 Å². The van der Waals surface area contributed by atoms with E-state index in [1.807, 2.05) is 6.92 Å². The van der Waals surface area contributed by atoms with Crippen LogP contribution < -0.4 is 10.6 Å². The second-order valence-electron chi connectivity index (χ2n) is 4.76. The number of nitrogens with one attached hydrogen (secondary N) is 2. The molecule has 1 heterocycles. The summed E-state index contributed by atoms with van der Waals surface area (Å²) in [7, 11) is 0.